The van der Waals surface area contributed by atoms with Gasteiger partial charge in [-0.2, -0.15) is 0 Å². The first-order valence-corrected chi connectivity index (χ1v) is 7.29. The predicted octanol–water partition coefficient (Wildman–Crippen LogP) is 2.11. The second-order valence-corrected chi connectivity index (χ2v) is 6.01. The Morgan fingerprint density at radius 2 is 2.15 bits per heavy atom. The first-order chi connectivity index (χ1) is 9.61. The summed E-state index contributed by atoms with van der Waals surface area (Å²) in [5.41, 5.74) is 0.838. The second-order valence-electron chi connectivity index (χ2n) is 6.01. The quantitative estimate of drug-likeness (QED) is 0.866. The summed E-state index contributed by atoms with van der Waals surface area (Å²) in [7, 11) is 0. The maximum atomic E-state index is 11.9. The molecule has 1 heterocycles. The average molecular weight is 276 g/mol. The Labute approximate surface area is 120 Å². The first kappa shape index (κ1) is 15.0. The summed E-state index contributed by atoms with van der Waals surface area (Å²) in [6, 6.07) is 9.53. The molecule has 0 aromatic heterocycles. The number of rotatable bonds is 5. The number of nitrogens with one attached hydrogen (secondary N) is 1. The summed E-state index contributed by atoms with van der Waals surface area (Å²) in [6.07, 6.45) is 2.66. The molecule has 1 saturated heterocycles. The lowest BCUT2D eigenvalue weighted by molar-refractivity contribution is -0.116. The molecule has 2 rings (SSSR count). The molecule has 1 unspecified atom stereocenters. The third kappa shape index (κ3) is 4.32. The topological polar surface area (TPSA) is 52.6 Å². The van der Waals surface area contributed by atoms with Crippen LogP contribution in [-0.4, -0.2) is 42.2 Å². The van der Waals surface area contributed by atoms with Crippen molar-refractivity contribution in [3.8, 4) is 0 Å². The lowest BCUT2D eigenvalue weighted by Gasteiger charge is -2.39. The van der Waals surface area contributed by atoms with E-state index < -0.39 is 0 Å². The number of carbonyl (C=O) groups excluding carboxylic acids is 1. The van der Waals surface area contributed by atoms with Crippen molar-refractivity contribution in [1.29, 1.82) is 0 Å². The van der Waals surface area contributed by atoms with E-state index in [1.54, 1.807) is 0 Å². The number of nitrogens with zero attached hydrogens (tertiary/aromatic N) is 1. The van der Waals surface area contributed by atoms with Crippen LogP contribution in [0.4, 0.5) is 5.69 Å². The lowest BCUT2D eigenvalue weighted by Crippen LogP contribution is -2.44. The third-order valence-electron chi connectivity index (χ3n) is 3.95. The van der Waals surface area contributed by atoms with Gasteiger partial charge in [0.1, 0.15) is 0 Å². The fraction of sp³-hybridized carbons (Fsp3) is 0.562. The minimum Gasteiger partial charge on any atom is -0.396 e. The standard InChI is InChI=1S/C16H24N2O2/c1-16(13-19)9-5-10-18(12-16)11-8-15(20)17-14-6-3-2-4-7-14/h2-4,6-7,19H,5,8-13H2,1H3,(H,17,20). The second kappa shape index (κ2) is 6.86. The zero-order valence-corrected chi connectivity index (χ0v) is 12.1. The molecule has 1 aliphatic rings. The molecule has 0 aliphatic carbocycles. The highest BCUT2D eigenvalue weighted by molar-refractivity contribution is 5.90. The number of amides is 1. The molecular formula is C16H24N2O2. The molecule has 0 bridgehead atoms. The minimum atomic E-state index is -0.00580. The van der Waals surface area contributed by atoms with Crippen LogP contribution in [0.1, 0.15) is 26.2 Å². The highest BCUT2D eigenvalue weighted by Gasteiger charge is 2.30. The van der Waals surface area contributed by atoms with Gasteiger partial charge in [-0.25, -0.2) is 0 Å². The summed E-state index contributed by atoms with van der Waals surface area (Å²) in [6.45, 7) is 4.99. The SMILES string of the molecule is CC1(CO)CCCN(CCC(=O)Nc2ccccc2)C1. The number of piperidine rings is 1. The van der Waals surface area contributed by atoms with Crippen LogP contribution in [-0.2, 0) is 4.79 Å². The Balaban J connectivity index is 1.76. The van der Waals surface area contributed by atoms with Crippen LogP contribution >= 0.6 is 0 Å². The Morgan fingerprint density at radius 1 is 1.40 bits per heavy atom. The van der Waals surface area contributed by atoms with Crippen LogP contribution in [0.5, 0.6) is 0 Å². The number of benzene rings is 1. The van der Waals surface area contributed by atoms with Crippen molar-refractivity contribution in [3.63, 3.8) is 0 Å². The van der Waals surface area contributed by atoms with E-state index in [0.29, 0.717) is 6.42 Å². The Bertz CT molecular complexity index is 435. The van der Waals surface area contributed by atoms with Crippen LogP contribution in [0.15, 0.2) is 30.3 Å². The van der Waals surface area contributed by atoms with Gasteiger partial charge in [0.2, 0.25) is 5.91 Å². The maximum Gasteiger partial charge on any atom is 0.225 e. The van der Waals surface area contributed by atoms with Gasteiger partial charge in [0.05, 0.1) is 0 Å². The van der Waals surface area contributed by atoms with Crippen LogP contribution < -0.4 is 5.32 Å². The van der Waals surface area contributed by atoms with Crippen molar-refractivity contribution < 1.29 is 9.90 Å². The van der Waals surface area contributed by atoms with E-state index in [1.165, 1.54) is 0 Å². The summed E-state index contributed by atoms with van der Waals surface area (Å²) >= 11 is 0. The van der Waals surface area contributed by atoms with Crippen LogP contribution in [0, 0.1) is 5.41 Å². The number of hydrogen-bond acceptors (Lipinski definition) is 3. The largest absolute Gasteiger partial charge is 0.396 e. The predicted molar refractivity (Wildman–Crippen MR) is 80.6 cm³/mol. The number of aliphatic hydroxyl groups is 1. The number of hydrogen-bond donors (Lipinski definition) is 2. The summed E-state index contributed by atoms with van der Waals surface area (Å²) in [4.78, 5) is 14.2. The highest BCUT2D eigenvalue weighted by atomic mass is 16.3. The molecule has 20 heavy (non-hydrogen) atoms. The van der Waals surface area contributed by atoms with E-state index in [9.17, 15) is 9.90 Å². The van der Waals surface area contributed by atoms with Crippen molar-refractivity contribution in [3.05, 3.63) is 30.3 Å². The fourth-order valence-corrected chi connectivity index (χ4v) is 2.75. The average Bonchev–Trinajstić information content (AvgIpc) is 2.46. The zero-order chi connectivity index (χ0) is 14.4. The van der Waals surface area contributed by atoms with Crippen molar-refractivity contribution in [1.82, 2.24) is 4.90 Å². The molecule has 4 nitrogen and oxygen atoms in total. The Kier molecular flexibility index (Phi) is 5.15. The van der Waals surface area contributed by atoms with Crippen molar-refractivity contribution in [2.24, 2.45) is 5.41 Å². The normalized spacial score (nSPS) is 23.5. The van der Waals surface area contributed by atoms with E-state index in [1.807, 2.05) is 30.3 Å². The summed E-state index contributed by atoms with van der Waals surface area (Å²) < 4.78 is 0. The van der Waals surface area contributed by atoms with Gasteiger partial charge in [-0.05, 0) is 31.5 Å². The number of aliphatic hydroxyl groups excluding tert-OH is 1. The molecule has 1 aliphatic heterocycles. The van der Waals surface area contributed by atoms with Gasteiger partial charge in [-0.1, -0.05) is 25.1 Å². The zero-order valence-electron chi connectivity index (χ0n) is 12.1. The van der Waals surface area contributed by atoms with Crippen molar-refractivity contribution in [2.75, 3.05) is 31.6 Å². The third-order valence-corrected chi connectivity index (χ3v) is 3.95. The molecule has 1 atom stereocenters. The van der Waals surface area contributed by atoms with E-state index in [4.69, 9.17) is 0 Å². The number of anilines is 1. The van der Waals surface area contributed by atoms with E-state index in [2.05, 4.69) is 17.1 Å². The van der Waals surface area contributed by atoms with Crippen LogP contribution in [0.25, 0.3) is 0 Å². The molecule has 1 aromatic rings. The summed E-state index contributed by atoms with van der Waals surface area (Å²) in [5, 5.41) is 12.3. The molecule has 1 amide bonds. The fourth-order valence-electron chi connectivity index (χ4n) is 2.75. The van der Waals surface area contributed by atoms with Gasteiger partial charge in [0, 0.05) is 37.2 Å². The smallest absolute Gasteiger partial charge is 0.225 e. The Morgan fingerprint density at radius 3 is 2.85 bits per heavy atom. The molecule has 0 spiro atoms. The molecule has 2 N–H and O–H groups in total. The van der Waals surface area contributed by atoms with E-state index >= 15 is 0 Å². The molecule has 4 heteroatoms. The monoisotopic (exact) mass is 276 g/mol. The van der Waals surface area contributed by atoms with Gasteiger partial charge in [-0.3, -0.25) is 4.79 Å². The minimum absolute atomic E-state index is 0.00580. The molecule has 1 fully saturated rings. The number of likely N-dealkylation sites (tertiary alicyclic amines) is 1. The van der Waals surface area contributed by atoms with Gasteiger partial charge in [0.15, 0.2) is 0 Å². The van der Waals surface area contributed by atoms with Gasteiger partial charge in [0.25, 0.3) is 0 Å². The molecular weight excluding hydrogens is 252 g/mol. The highest BCUT2D eigenvalue weighted by Crippen LogP contribution is 2.28. The van der Waals surface area contributed by atoms with Crippen LogP contribution in [0.2, 0.25) is 0 Å². The Hall–Kier alpha value is -1.39. The number of carbonyl (C=O) groups is 1. The van der Waals surface area contributed by atoms with Gasteiger partial charge >= 0.3 is 0 Å². The molecule has 0 radical (unpaired) electrons. The molecule has 110 valence electrons. The maximum absolute atomic E-state index is 11.9. The van der Waals surface area contributed by atoms with Crippen molar-refractivity contribution in [2.45, 2.75) is 26.2 Å². The first-order valence-electron chi connectivity index (χ1n) is 7.29. The lowest BCUT2D eigenvalue weighted by atomic mass is 9.83. The van der Waals surface area contributed by atoms with Gasteiger partial charge < -0.3 is 15.3 Å². The van der Waals surface area contributed by atoms with E-state index in [-0.39, 0.29) is 17.9 Å². The van der Waals surface area contributed by atoms with Crippen molar-refractivity contribution >= 4 is 11.6 Å². The molecule has 1 aromatic carbocycles. The van der Waals surface area contributed by atoms with Gasteiger partial charge in [-0.15, -0.1) is 0 Å². The van der Waals surface area contributed by atoms with Crippen LogP contribution in [0.3, 0.4) is 0 Å². The molecule has 0 saturated carbocycles. The number of para-hydroxylation sites is 1. The van der Waals surface area contributed by atoms with E-state index in [0.717, 1.165) is 38.2 Å². The summed E-state index contributed by atoms with van der Waals surface area (Å²) in [5.74, 6) is 0.0486.